The highest BCUT2D eigenvalue weighted by atomic mass is 35.5. The van der Waals surface area contributed by atoms with E-state index in [2.05, 4.69) is 0 Å². The fraction of sp³-hybridized carbons (Fsp3) is 0.0588. The third-order valence-corrected chi connectivity index (χ3v) is 4.15. The molecular formula is C17H13Cl2N. The van der Waals surface area contributed by atoms with Gasteiger partial charge in [0.15, 0.2) is 0 Å². The Bertz CT molecular complexity index is 768. The lowest BCUT2D eigenvalue weighted by Gasteiger charge is -2.17. The van der Waals surface area contributed by atoms with E-state index in [0.717, 1.165) is 26.9 Å². The van der Waals surface area contributed by atoms with Crippen LogP contribution in [0.1, 0.15) is 17.2 Å². The van der Waals surface area contributed by atoms with Crippen molar-refractivity contribution in [3.05, 3.63) is 81.8 Å². The van der Waals surface area contributed by atoms with E-state index in [9.17, 15) is 0 Å². The van der Waals surface area contributed by atoms with Crippen LogP contribution in [0.4, 0.5) is 0 Å². The van der Waals surface area contributed by atoms with Crippen LogP contribution in [0.15, 0.2) is 60.7 Å². The first-order chi connectivity index (χ1) is 9.68. The molecule has 0 amide bonds. The lowest BCUT2D eigenvalue weighted by molar-refractivity contribution is 0.881. The Hall–Kier alpha value is -1.54. The topological polar surface area (TPSA) is 26.0 Å². The van der Waals surface area contributed by atoms with Gasteiger partial charge in [-0.1, -0.05) is 71.7 Å². The molecule has 100 valence electrons. The number of halogens is 2. The highest BCUT2D eigenvalue weighted by Gasteiger charge is 2.15. The average molecular weight is 302 g/mol. The number of rotatable bonds is 2. The molecule has 2 N–H and O–H groups in total. The van der Waals surface area contributed by atoms with Gasteiger partial charge in [0.05, 0.1) is 6.04 Å². The van der Waals surface area contributed by atoms with E-state index in [1.165, 1.54) is 0 Å². The normalized spacial score (nSPS) is 12.6. The van der Waals surface area contributed by atoms with Gasteiger partial charge in [-0.2, -0.15) is 0 Å². The SMILES string of the molecule is NC(c1ccccc1Cl)c1ccc(Cl)c2ccccc12. The van der Waals surface area contributed by atoms with Crippen molar-refractivity contribution >= 4 is 34.0 Å². The van der Waals surface area contributed by atoms with Gasteiger partial charge in [0.25, 0.3) is 0 Å². The average Bonchev–Trinajstić information content (AvgIpc) is 2.48. The minimum Gasteiger partial charge on any atom is -0.320 e. The molecule has 3 rings (SSSR count). The quantitative estimate of drug-likeness (QED) is 0.692. The third-order valence-electron chi connectivity index (χ3n) is 3.48. The summed E-state index contributed by atoms with van der Waals surface area (Å²) in [6.07, 6.45) is 0. The Kier molecular flexibility index (Phi) is 3.66. The summed E-state index contributed by atoms with van der Waals surface area (Å²) in [6, 6.07) is 19.2. The minimum atomic E-state index is -0.272. The van der Waals surface area contributed by atoms with Gasteiger partial charge in [0.2, 0.25) is 0 Å². The number of hydrogen-bond donors (Lipinski definition) is 1. The van der Waals surface area contributed by atoms with Crippen LogP contribution in [0.25, 0.3) is 10.8 Å². The number of hydrogen-bond acceptors (Lipinski definition) is 1. The molecule has 0 aromatic heterocycles. The fourth-order valence-electron chi connectivity index (χ4n) is 2.45. The van der Waals surface area contributed by atoms with Crippen molar-refractivity contribution in [3.8, 4) is 0 Å². The molecule has 20 heavy (non-hydrogen) atoms. The minimum absolute atomic E-state index is 0.272. The molecular weight excluding hydrogens is 289 g/mol. The molecule has 0 radical (unpaired) electrons. The van der Waals surface area contributed by atoms with Crippen molar-refractivity contribution in [2.45, 2.75) is 6.04 Å². The van der Waals surface area contributed by atoms with Crippen molar-refractivity contribution < 1.29 is 0 Å². The second-order valence-corrected chi connectivity index (χ2v) is 5.50. The zero-order valence-corrected chi connectivity index (χ0v) is 12.2. The largest absolute Gasteiger partial charge is 0.320 e. The van der Waals surface area contributed by atoms with Gasteiger partial charge >= 0.3 is 0 Å². The molecule has 1 unspecified atom stereocenters. The molecule has 0 aliphatic heterocycles. The molecule has 0 aliphatic carbocycles. The maximum Gasteiger partial charge on any atom is 0.0572 e. The monoisotopic (exact) mass is 301 g/mol. The second kappa shape index (κ2) is 5.45. The number of benzene rings is 3. The van der Waals surface area contributed by atoms with Crippen LogP contribution in [0.3, 0.4) is 0 Å². The van der Waals surface area contributed by atoms with Crippen LogP contribution in [0.5, 0.6) is 0 Å². The van der Waals surface area contributed by atoms with Gasteiger partial charge in [0, 0.05) is 15.4 Å². The summed E-state index contributed by atoms with van der Waals surface area (Å²) < 4.78 is 0. The van der Waals surface area contributed by atoms with E-state index < -0.39 is 0 Å². The summed E-state index contributed by atoms with van der Waals surface area (Å²) in [6.45, 7) is 0. The van der Waals surface area contributed by atoms with Gasteiger partial charge in [-0.25, -0.2) is 0 Å². The van der Waals surface area contributed by atoms with Crippen LogP contribution in [-0.2, 0) is 0 Å². The standard InChI is InChI=1S/C17H13Cl2N/c18-15-8-4-3-7-14(15)17(20)13-9-10-16(19)12-6-2-1-5-11(12)13/h1-10,17H,20H2. The molecule has 3 aromatic rings. The van der Waals surface area contributed by atoms with Crippen molar-refractivity contribution in [1.29, 1.82) is 0 Å². The van der Waals surface area contributed by atoms with Gasteiger partial charge < -0.3 is 5.73 Å². The van der Waals surface area contributed by atoms with Crippen LogP contribution in [-0.4, -0.2) is 0 Å². The molecule has 0 saturated carbocycles. The Balaban J connectivity index is 2.20. The van der Waals surface area contributed by atoms with Crippen molar-refractivity contribution in [2.24, 2.45) is 5.73 Å². The van der Waals surface area contributed by atoms with Gasteiger partial charge in [-0.3, -0.25) is 0 Å². The van der Waals surface area contributed by atoms with Crippen molar-refractivity contribution in [2.75, 3.05) is 0 Å². The summed E-state index contributed by atoms with van der Waals surface area (Å²) in [5.41, 5.74) is 8.35. The summed E-state index contributed by atoms with van der Waals surface area (Å²) in [4.78, 5) is 0. The summed E-state index contributed by atoms with van der Waals surface area (Å²) in [7, 11) is 0. The van der Waals surface area contributed by atoms with E-state index in [1.807, 2.05) is 60.7 Å². The van der Waals surface area contributed by atoms with E-state index in [4.69, 9.17) is 28.9 Å². The Morgan fingerprint density at radius 2 is 1.30 bits per heavy atom. The summed E-state index contributed by atoms with van der Waals surface area (Å²) >= 11 is 12.5. The van der Waals surface area contributed by atoms with Gasteiger partial charge in [-0.05, 0) is 28.6 Å². The molecule has 0 aliphatic rings. The number of fused-ring (bicyclic) bond motifs is 1. The zero-order valence-electron chi connectivity index (χ0n) is 10.7. The first-order valence-corrected chi connectivity index (χ1v) is 7.11. The molecule has 0 spiro atoms. The smallest absolute Gasteiger partial charge is 0.0572 e. The fourth-order valence-corrected chi connectivity index (χ4v) is 2.93. The maximum atomic E-state index is 6.41. The molecule has 0 heterocycles. The first kappa shape index (κ1) is 13.4. The molecule has 1 atom stereocenters. The molecule has 0 fully saturated rings. The van der Waals surface area contributed by atoms with Gasteiger partial charge in [-0.15, -0.1) is 0 Å². The second-order valence-electron chi connectivity index (χ2n) is 4.68. The van der Waals surface area contributed by atoms with Crippen LogP contribution < -0.4 is 5.73 Å². The lowest BCUT2D eigenvalue weighted by Crippen LogP contribution is -2.12. The van der Waals surface area contributed by atoms with E-state index in [-0.39, 0.29) is 6.04 Å². The summed E-state index contributed by atoms with van der Waals surface area (Å²) in [5, 5.41) is 3.48. The van der Waals surface area contributed by atoms with E-state index in [1.54, 1.807) is 0 Å². The molecule has 1 nitrogen and oxygen atoms in total. The predicted molar refractivity (Wildman–Crippen MR) is 86.4 cm³/mol. The highest BCUT2D eigenvalue weighted by Crippen LogP contribution is 2.33. The van der Waals surface area contributed by atoms with E-state index in [0.29, 0.717) is 5.02 Å². The third kappa shape index (κ3) is 2.29. The molecule has 0 saturated heterocycles. The van der Waals surface area contributed by atoms with Gasteiger partial charge in [0.1, 0.15) is 0 Å². The molecule has 0 bridgehead atoms. The molecule has 3 heteroatoms. The number of nitrogens with two attached hydrogens (primary N) is 1. The van der Waals surface area contributed by atoms with Crippen molar-refractivity contribution in [1.82, 2.24) is 0 Å². The van der Waals surface area contributed by atoms with Crippen molar-refractivity contribution in [3.63, 3.8) is 0 Å². The molecule has 3 aromatic carbocycles. The zero-order chi connectivity index (χ0) is 14.1. The maximum absolute atomic E-state index is 6.41. The predicted octanol–water partition coefficient (Wildman–Crippen LogP) is 5.19. The Morgan fingerprint density at radius 1 is 0.650 bits per heavy atom. The Labute approximate surface area is 127 Å². The highest BCUT2D eigenvalue weighted by molar-refractivity contribution is 6.35. The first-order valence-electron chi connectivity index (χ1n) is 6.35. The van der Waals surface area contributed by atoms with Crippen LogP contribution >= 0.6 is 23.2 Å². The Morgan fingerprint density at radius 3 is 2.05 bits per heavy atom. The van der Waals surface area contributed by atoms with Crippen LogP contribution in [0, 0.1) is 0 Å². The van der Waals surface area contributed by atoms with Crippen LogP contribution in [0.2, 0.25) is 10.0 Å². The lowest BCUT2D eigenvalue weighted by atomic mass is 9.94. The summed E-state index contributed by atoms with van der Waals surface area (Å²) in [5.74, 6) is 0. The van der Waals surface area contributed by atoms with E-state index >= 15 is 0 Å².